The topological polar surface area (TPSA) is 103 Å². The van der Waals surface area contributed by atoms with Crippen molar-refractivity contribution in [2.24, 2.45) is 0 Å². The average Bonchev–Trinajstić information content (AvgIpc) is 3.04. The van der Waals surface area contributed by atoms with Crippen LogP contribution in [0.3, 0.4) is 0 Å². The highest BCUT2D eigenvalue weighted by Gasteiger charge is 2.15. The van der Waals surface area contributed by atoms with Crippen molar-refractivity contribution in [3.05, 3.63) is 131 Å². The van der Waals surface area contributed by atoms with Gasteiger partial charge in [0.2, 0.25) is 0 Å². The lowest BCUT2D eigenvalue weighted by atomic mass is 10.1. The molecule has 8 nitrogen and oxygen atoms in total. The molecule has 4 aromatic carbocycles. The molecule has 0 aliphatic heterocycles. The summed E-state index contributed by atoms with van der Waals surface area (Å²) in [6.07, 6.45) is 4.69. The van der Waals surface area contributed by atoms with E-state index in [1.54, 1.807) is 123 Å². The van der Waals surface area contributed by atoms with Gasteiger partial charge in [0.15, 0.2) is 5.78 Å². The van der Waals surface area contributed by atoms with Gasteiger partial charge in [-0.05, 0) is 97.4 Å². The highest BCUT2D eigenvalue weighted by Crippen LogP contribution is 2.25. The van der Waals surface area contributed by atoms with E-state index in [1.807, 2.05) is 6.92 Å². The van der Waals surface area contributed by atoms with Crippen LogP contribution in [-0.2, 0) is 4.79 Å². The number of anilines is 1. The van der Waals surface area contributed by atoms with E-state index in [9.17, 15) is 14.4 Å². The quantitative estimate of drug-likeness (QED) is 0.149. The Labute approximate surface area is 250 Å². The van der Waals surface area contributed by atoms with E-state index in [2.05, 4.69) is 10.6 Å². The molecule has 43 heavy (non-hydrogen) atoms. The van der Waals surface area contributed by atoms with E-state index in [-0.39, 0.29) is 11.5 Å². The molecule has 4 aromatic rings. The smallest absolute Gasteiger partial charge is 0.272 e. The van der Waals surface area contributed by atoms with Crippen LogP contribution in [0, 0.1) is 0 Å². The summed E-state index contributed by atoms with van der Waals surface area (Å²) in [5.41, 5.74) is 2.74. The van der Waals surface area contributed by atoms with Gasteiger partial charge >= 0.3 is 0 Å². The summed E-state index contributed by atoms with van der Waals surface area (Å²) < 4.78 is 16.1. The summed E-state index contributed by atoms with van der Waals surface area (Å²) in [4.78, 5) is 39.0. The predicted octanol–water partition coefficient (Wildman–Crippen LogP) is 6.41. The first-order valence-electron chi connectivity index (χ1n) is 13.6. The molecule has 0 aliphatic carbocycles. The van der Waals surface area contributed by atoms with Crippen molar-refractivity contribution in [1.82, 2.24) is 5.32 Å². The number of nitrogens with one attached hydrogen (secondary N) is 2. The number of rotatable bonds is 12. The van der Waals surface area contributed by atoms with E-state index >= 15 is 0 Å². The first-order chi connectivity index (χ1) is 20.9. The molecule has 0 spiro atoms. The second-order valence-electron chi connectivity index (χ2n) is 9.22. The van der Waals surface area contributed by atoms with Crippen LogP contribution in [0.15, 0.2) is 109 Å². The van der Waals surface area contributed by atoms with Crippen LogP contribution in [0.1, 0.15) is 38.8 Å². The molecule has 0 unspecified atom stereocenters. The van der Waals surface area contributed by atoms with Crippen molar-refractivity contribution in [2.45, 2.75) is 6.92 Å². The van der Waals surface area contributed by atoms with Crippen LogP contribution in [-0.4, -0.2) is 38.4 Å². The van der Waals surface area contributed by atoms with Crippen molar-refractivity contribution in [3.8, 4) is 17.2 Å². The fourth-order valence-electron chi connectivity index (χ4n) is 4.08. The van der Waals surface area contributed by atoms with Crippen LogP contribution in [0.5, 0.6) is 17.2 Å². The lowest BCUT2D eigenvalue weighted by molar-refractivity contribution is -0.113. The van der Waals surface area contributed by atoms with Gasteiger partial charge in [0.1, 0.15) is 22.9 Å². The molecule has 0 bridgehead atoms. The molecule has 8 heteroatoms. The number of methoxy groups -OCH3 is 2. The summed E-state index contributed by atoms with van der Waals surface area (Å²) in [7, 11) is 3.12. The highest BCUT2D eigenvalue weighted by molar-refractivity contribution is 6.11. The first-order valence-corrected chi connectivity index (χ1v) is 13.6. The Balaban J connectivity index is 1.50. The lowest BCUT2D eigenvalue weighted by Crippen LogP contribution is -2.30. The Morgan fingerprint density at radius 3 is 2.12 bits per heavy atom. The Morgan fingerprint density at radius 2 is 1.47 bits per heavy atom. The number of ether oxygens (including phenoxy) is 3. The molecule has 0 aromatic heterocycles. The van der Waals surface area contributed by atoms with Crippen molar-refractivity contribution < 1.29 is 28.6 Å². The number of amides is 2. The van der Waals surface area contributed by atoms with Gasteiger partial charge in [-0.25, -0.2) is 0 Å². The van der Waals surface area contributed by atoms with Gasteiger partial charge in [-0.2, -0.15) is 0 Å². The molecule has 0 heterocycles. The molecular weight excluding hydrogens is 544 g/mol. The molecule has 218 valence electrons. The fraction of sp³-hybridized carbons (Fsp3) is 0.114. The summed E-state index contributed by atoms with van der Waals surface area (Å²) in [6.45, 7) is 2.43. The molecule has 0 fully saturated rings. The zero-order chi connectivity index (χ0) is 30.6. The van der Waals surface area contributed by atoms with Gasteiger partial charge in [0, 0.05) is 22.4 Å². The number of carbonyl (C=O) groups is 3. The van der Waals surface area contributed by atoms with Crippen molar-refractivity contribution in [1.29, 1.82) is 0 Å². The number of allylic oxidation sites excluding steroid dienone is 1. The van der Waals surface area contributed by atoms with Crippen molar-refractivity contribution >= 4 is 35.4 Å². The lowest BCUT2D eigenvalue weighted by Gasteiger charge is -2.12. The third-order valence-electron chi connectivity index (χ3n) is 6.31. The maximum Gasteiger partial charge on any atom is 0.272 e. The second kappa shape index (κ2) is 14.8. The van der Waals surface area contributed by atoms with E-state index in [1.165, 1.54) is 6.08 Å². The summed E-state index contributed by atoms with van der Waals surface area (Å²) in [5.74, 6) is 0.774. The minimum Gasteiger partial charge on any atom is -0.497 e. The highest BCUT2D eigenvalue weighted by atomic mass is 16.5. The zero-order valence-corrected chi connectivity index (χ0v) is 24.1. The van der Waals surface area contributed by atoms with Crippen molar-refractivity contribution in [3.63, 3.8) is 0 Å². The third-order valence-corrected chi connectivity index (χ3v) is 6.31. The average molecular weight is 577 g/mol. The fourth-order valence-corrected chi connectivity index (χ4v) is 4.08. The minimum atomic E-state index is -0.526. The van der Waals surface area contributed by atoms with Gasteiger partial charge < -0.3 is 24.8 Å². The molecule has 4 rings (SSSR count). The number of carbonyl (C=O) groups excluding carboxylic acids is 3. The maximum atomic E-state index is 13.3. The first kappa shape index (κ1) is 30.3. The summed E-state index contributed by atoms with van der Waals surface area (Å²) in [6, 6.07) is 27.6. The standard InChI is InChI=1S/C35H32N2O6/c1-4-43-29-17-10-24(11-18-29)22-31(37-34(39)26-8-6-5-7-9-26)35(40)36-28-15-12-25(13-16-28)32(38)20-14-27-23-30(41-2)19-21-33(27)42-3/h5-23H,4H2,1-3H3,(H,36,40)(H,37,39)/b20-14+,31-22-. The second-order valence-corrected chi connectivity index (χ2v) is 9.22. The number of hydrogen-bond donors (Lipinski definition) is 2. The van der Waals surface area contributed by atoms with Crippen LogP contribution >= 0.6 is 0 Å². The van der Waals surface area contributed by atoms with Crippen LogP contribution in [0.2, 0.25) is 0 Å². The summed E-state index contributed by atoms with van der Waals surface area (Å²) in [5, 5.41) is 5.51. The molecule has 0 aliphatic rings. The minimum absolute atomic E-state index is 0.0494. The van der Waals surface area contributed by atoms with Crippen molar-refractivity contribution in [2.75, 3.05) is 26.1 Å². The van der Waals surface area contributed by atoms with E-state index in [4.69, 9.17) is 14.2 Å². The molecular formula is C35H32N2O6. The van der Waals surface area contributed by atoms with Crippen LogP contribution < -0.4 is 24.8 Å². The zero-order valence-electron chi connectivity index (χ0n) is 24.1. The van der Waals surface area contributed by atoms with E-state index in [0.29, 0.717) is 51.8 Å². The maximum absolute atomic E-state index is 13.3. The predicted molar refractivity (Wildman–Crippen MR) is 167 cm³/mol. The largest absolute Gasteiger partial charge is 0.497 e. The van der Waals surface area contributed by atoms with Gasteiger partial charge in [-0.3, -0.25) is 14.4 Å². The Morgan fingerprint density at radius 1 is 0.767 bits per heavy atom. The van der Waals surface area contributed by atoms with E-state index < -0.39 is 11.8 Å². The summed E-state index contributed by atoms with van der Waals surface area (Å²) >= 11 is 0. The van der Waals surface area contributed by atoms with Crippen LogP contribution in [0.4, 0.5) is 5.69 Å². The van der Waals surface area contributed by atoms with E-state index in [0.717, 1.165) is 0 Å². The third kappa shape index (κ3) is 8.43. The SMILES string of the molecule is CCOc1ccc(/C=C(\NC(=O)c2ccccc2)C(=O)Nc2ccc(C(=O)/C=C/c3cc(OC)ccc3OC)cc2)cc1. The molecule has 0 saturated heterocycles. The Kier molecular flexibility index (Phi) is 10.5. The van der Waals surface area contributed by atoms with Crippen LogP contribution in [0.25, 0.3) is 12.2 Å². The van der Waals surface area contributed by atoms with Gasteiger partial charge in [0.25, 0.3) is 11.8 Å². The molecule has 2 N–H and O–H groups in total. The molecule has 0 saturated carbocycles. The van der Waals surface area contributed by atoms with Gasteiger partial charge in [-0.15, -0.1) is 0 Å². The Bertz CT molecular complexity index is 1630. The Hall–Kier alpha value is -5.63. The molecule has 2 amide bonds. The normalized spacial score (nSPS) is 11.1. The molecule has 0 radical (unpaired) electrons. The number of benzene rings is 4. The van der Waals surface area contributed by atoms with Gasteiger partial charge in [0.05, 0.1) is 20.8 Å². The monoisotopic (exact) mass is 576 g/mol. The number of ketones is 1. The number of hydrogen-bond acceptors (Lipinski definition) is 6. The van der Waals surface area contributed by atoms with Gasteiger partial charge in [-0.1, -0.05) is 30.3 Å². The molecule has 0 atom stereocenters.